The third-order valence-corrected chi connectivity index (χ3v) is 3.13. The van der Waals surface area contributed by atoms with Crippen molar-refractivity contribution in [2.45, 2.75) is 25.7 Å². The second kappa shape index (κ2) is 4.75. The Kier molecular flexibility index (Phi) is 3.08. The molecule has 5 heteroatoms. The van der Waals surface area contributed by atoms with E-state index in [-0.39, 0.29) is 6.10 Å². The molecule has 1 atom stereocenters. The lowest BCUT2D eigenvalue weighted by Crippen LogP contribution is -2.26. The van der Waals surface area contributed by atoms with E-state index < -0.39 is 5.79 Å². The molecule has 1 aliphatic heterocycles. The number of fused-ring (bicyclic) bond motifs is 1. The van der Waals surface area contributed by atoms with Crippen LogP contribution in [0.4, 0.5) is 5.69 Å². The highest BCUT2D eigenvalue weighted by molar-refractivity contribution is 5.90. The van der Waals surface area contributed by atoms with Crippen molar-refractivity contribution in [3.05, 3.63) is 30.5 Å². The summed E-state index contributed by atoms with van der Waals surface area (Å²) in [5.74, 6) is -0.481. The fourth-order valence-corrected chi connectivity index (χ4v) is 2.24. The number of rotatable bonds is 3. The first-order chi connectivity index (χ1) is 9.14. The van der Waals surface area contributed by atoms with Gasteiger partial charge in [-0.05, 0) is 19.9 Å². The lowest BCUT2D eigenvalue weighted by molar-refractivity contribution is -0.136. The summed E-state index contributed by atoms with van der Waals surface area (Å²) in [5, 5.41) is 12.5. The van der Waals surface area contributed by atoms with Crippen molar-refractivity contribution in [3.63, 3.8) is 0 Å². The molecule has 0 spiro atoms. The minimum absolute atomic E-state index is 0.0573. The Morgan fingerprint density at radius 3 is 3.00 bits per heavy atom. The molecule has 0 radical (unpaired) electrons. The number of benzene rings is 1. The third kappa shape index (κ3) is 2.67. The molecule has 0 saturated carbocycles. The minimum Gasteiger partial charge on any atom is -0.380 e. The Hall–Kier alpha value is -1.72. The van der Waals surface area contributed by atoms with Crippen molar-refractivity contribution in [3.8, 4) is 0 Å². The van der Waals surface area contributed by atoms with Gasteiger partial charge in [-0.15, -0.1) is 0 Å². The summed E-state index contributed by atoms with van der Waals surface area (Å²) in [6.45, 7) is 5.16. The zero-order chi connectivity index (χ0) is 13.3. The number of aromatic nitrogens is 2. The molecule has 5 nitrogen and oxygen atoms in total. The van der Waals surface area contributed by atoms with Crippen LogP contribution in [0.25, 0.3) is 10.9 Å². The van der Waals surface area contributed by atoms with Gasteiger partial charge < -0.3 is 14.8 Å². The number of hydrogen-bond donors (Lipinski definition) is 1. The molecule has 2 heterocycles. The number of nitrogens with one attached hydrogen (secondary N) is 1. The molecule has 0 aliphatic carbocycles. The fraction of sp³-hybridized carbons (Fsp3) is 0.429. The largest absolute Gasteiger partial charge is 0.380 e. The van der Waals surface area contributed by atoms with E-state index in [1.165, 1.54) is 0 Å². The molecule has 100 valence electrons. The molecule has 3 rings (SSSR count). The maximum Gasteiger partial charge on any atom is 0.163 e. The Bertz CT molecular complexity index is 580. The van der Waals surface area contributed by atoms with Crippen LogP contribution >= 0.6 is 0 Å². The van der Waals surface area contributed by atoms with Gasteiger partial charge >= 0.3 is 0 Å². The van der Waals surface area contributed by atoms with Gasteiger partial charge in [-0.1, -0.05) is 18.2 Å². The van der Waals surface area contributed by atoms with Crippen LogP contribution in [0.1, 0.15) is 13.8 Å². The fourth-order valence-electron chi connectivity index (χ4n) is 2.24. The minimum atomic E-state index is -0.481. The van der Waals surface area contributed by atoms with Gasteiger partial charge in [-0.2, -0.15) is 10.2 Å². The molecule has 0 amide bonds. The molecule has 2 aromatic rings. The average molecular weight is 259 g/mol. The van der Waals surface area contributed by atoms with Gasteiger partial charge in [0, 0.05) is 11.9 Å². The van der Waals surface area contributed by atoms with Crippen LogP contribution in [0.2, 0.25) is 0 Å². The summed E-state index contributed by atoms with van der Waals surface area (Å²) >= 11 is 0. The van der Waals surface area contributed by atoms with Crippen LogP contribution in [0.15, 0.2) is 30.5 Å². The summed E-state index contributed by atoms with van der Waals surface area (Å²) in [7, 11) is 0. The smallest absolute Gasteiger partial charge is 0.163 e. The van der Waals surface area contributed by atoms with Gasteiger partial charge in [0.25, 0.3) is 0 Å². The third-order valence-electron chi connectivity index (χ3n) is 3.13. The summed E-state index contributed by atoms with van der Waals surface area (Å²) in [6, 6.07) is 7.93. The monoisotopic (exact) mass is 259 g/mol. The maximum absolute atomic E-state index is 5.76. The van der Waals surface area contributed by atoms with Crippen molar-refractivity contribution in [1.82, 2.24) is 10.2 Å². The van der Waals surface area contributed by atoms with Gasteiger partial charge in [0.2, 0.25) is 0 Å². The molecule has 1 aromatic heterocycles. The van der Waals surface area contributed by atoms with Gasteiger partial charge in [-0.25, -0.2) is 0 Å². The number of ether oxygens (including phenoxy) is 2. The molecule has 1 unspecified atom stereocenters. The molecule has 19 heavy (non-hydrogen) atoms. The molecule has 1 saturated heterocycles. The van der Waals surface area contributed by atoms with E-state index in [0.29, 0.717) is 13.2 Å². The van der Waals surface area contributed by atoms with Crippen molar-refractivity contribution < 1.29 is 9.47 Å². The van der Waals surface area contributed by atoms with E-state index in [4.69, 9.17) is 9.47 Å². The summed E-state index contributed by atoms with van der Waals surface area (Å²) in [4.78, 5) is 0. The number of anilines is 1. The van der Waals surface area contributed by atoms with Gasteiger partial charge in [0.05, 0.1) is 24.0 Å². The predicted molar refractivity (Wildman–Crippen MR) is 72.9 cm³/mol. The van der Waals surface area contributed by atoms with E-state index in [1.807, 2.05) is 38.1 Å². The molecular formula is C14H17N3O2. The van der Waals surface area contributed by atoms with Crippen LogP contribution in [-0.2, 0) is 9.47 Å². The van der Waals surface area contributed by atoms with Crippen LogP contribution in [0.3, 0.4) is 0 Å². The Labute approximate surface area is 111 Å². The normalized spacial score (nSPS) is 21.7. The summed E-state index contributed by atoms with van der Waals surface area (Å²) < 4.78 is 11.3. The van der Waals surface area contributed by atoms with Crippen molar-refractivity contribution >= 4 is 16.6 Å². The van der Waals surface area contributed by atoms with Crippen molar-refractivity contribution in [2.75, 3.05) is 18.5 Å². The molecule has 1 fully saturated rings. The molecule has 1 aliphatic rings. The molecule has 0 bridgehead atoms. The molecular weight excluding hydrogens is 242 g/mol. The Balaban J connectivity index is 1.72. The highest BCUT2D eigenvalue weighted by Crippen LogP contribution is 2.24. The van der Waals surface area contributed by atoms with Gasteiger partial charge in [0.1, 0.15) is 6.10 Å². The summed E-state index contributed by atoms with van der Waals surface area (Å²) in [5.41, 5.74) is 1.86. The van der Waals surface area contributed by atoms with Crippen LogP contribution in [0, 0.1) is 0 Å². The van der Waals surface area contributed by atoms with Crippen LogP contribution < -0.4 is 5.32 Å². The summed E-state index contributed by atoms with van der Waals surface area (Å²) in [6.07, 6.45) is 1.80. The van der Waals surface area contributed by atoms with Crippen molar-refractivity contribution in [1.29, 1.82) is 0 Å². The zero-order valence-electron chi connectivity index (χ0n) is 11.1. The van der Waals surface area contributed by atoms with Crippen molar-refractivity contribution in [2.24, 2.45) is 0 Å². The Morgan fingerprint density at radius 1 is 1.37 bits per heavy atom. The van der Waals surface area contributed by atoms with E-state index in [0.717, 1.165) is 16.6 Å². The van der Waals surface area contributed by atoms with E-state index >= 15 is 0 Å². The first kappa shape index (κ1) is 12.3. The van der Waals surface area contributed by atoms with E-state index in [9.17, 15) is 0 Å². The molecule has 1 aromatic carbocycles. The first-order valence-electron chi connectivity index (χ1n) is 6.40. The second-order valence-corrected chi connectivity index (χ2v) is 5.11. The lowest BCUT2D eigenvalue weighted by atomic mass is 10.2. The molecule has 1 N–H and O–H groups in total. The average Bonchev–Trinajstić information content (AvgIpc) is 2.76. The van der Waals surface area contributed by atoms with Gasteiger partial charge in [-0.3, -0.25) is 0 Å². The predicted octanol–water partition coefficient (Wildman–Crippen LogP) is 2.19. The number of nitrogens with zero attached hydrogens (tertiary/aromatic N) is 2. The standard InChI is InChI=1S/C14H17N3O2/c1-14(2)18-9-10(19-14)7-15-13-8-16-17-12-6-4-3-5-11(12)13/h3-6,8,10H,7,9H2,1-2H3,(H,15,17). The number of hydrogen-bond acceptors (Lipinski definition) is 5. The van der Waals surface area contributed by atoms with Crippen LogP contribution in [-0.4, -0.2) is 35.2 Å². The maximum atomic E-state index is 5.76. The SMILES string of the molecule is CC1(C)OCC(CNc2cnnc3ccccc23)O1. The highest BCUT2D eigenvalue weighted by Gasteiger charge is 2.32. The van der Waals surface area contributed by atoms with E-state index in [2.05, 4.69) is 15.5 Å². The van der Waals surface area contributed by atoms with Crippen LogP contribution in [0.5, 0.6) is 0 Å². The Morgan fingerprint density at radius 2 is 2.21 bits per heavy atom. The first-order valence-corrected chi connectivity index (χ1v) is 6.40. The van der Waals surface area contributed by atoms with Gasteiger partial charge in [0.15, 0.2) is 5.79 Å². The quantitative estimate of drug-likeness (QED) is 0.915. The van der Waals surface area contributed by atoms with E-state index in [1.54, 1.807) is 6.20 Å². The second-order valence-electron chi connectivity index (χ2n) is 5.11. The topological polar surface area (TPSA) is 56.3 Å². The highest BCUT2D eigenvalue weighted by atomic mass is 16.7. The lowest BCUT2D eigenvalue weighted by Gasteiger charge is -2.17. The zero-order valence-corrected chi connectivity index (χ0v) is 11.1.